The molecule has 0 aliphatic carbocycles. The fourth-order valence-electron chi connectivity index (χ4n) is 1.48. The molecule has 19 heavy (non-hydrogen) atoms. The first-order valence-electron chi connectivity index (χ1n) is 5.19. The fraction of sp³-hybridized carbons (Fsp3) is 0. The Hall–Kier alpha value is -0.360. The van der Waals surface area contributed by atoms with E-state index < -0.39 is 0 Å². The molecule has 1 amide bonds. The first kappa shape index (κ1) is 15.0. The Morgan fingerprint density at radius 1 is 1.05 bits per heavy atom. The zero-order chi connectivity index (χ0) is 14.0. The quantitative estimate of drug-likeness (QED) is 0.586. The third-order valence-corrected chi connectivity index (χ3v) is 4.28. The van der Waals surface area contributed by atoms with E-state index in [0.29, 0.717) is 16.3 Å². The van der Waals surface area contributed by atoms with Crippen LogP contribution in [0.3, 0.4) is 0 Å². The third kappa shape index (κ3) is 3.81. The lowest BCUT2D eigenvalue weighted by atomic mass is 10.2. The standard InChI is InChI=1S/C13H7Br3ClNO/c14-8-5-10(15)12(11(16)6-8)18-13(19)7-2-1-3-9(17)4-7/h1-6H,(H,18,19). The molecule has 0 aliphatic rings. The minimum Gasteiger partial charge on any atom is -0.320 e. The van der Waals surface area contributed by atoms with Gasteiger partial charge in [-0.3, -0.25) is 4.79 Å². The van der Waals surface area contributed by atoms with Gasteiger partial charge in [0.05, 0.1) is 5.69 Å². The molecule has 0 fully saturated rings. The maximum absolute atomic E-state index is 12.1. The van der Waals surface area contributed by atoms with Gasteiger partial charge in [-0.05, 0) is 62.2 Å². The van der Waals surface area contributed by atoms with Crippen molar-refractivity contribution in [3.63, 3.8) is 0 Å². The predicted molar refractivity (Wildman–Crippen MR) is 88.9 cm³/mol. The lowest BCUT2D eigenvalue weighted by molar-refractivity contribution is 0.102. The molecule has 0 atom stereocenters. The summed E-state index contributed by atoms with van der Waals surface area (Å²) < 4.78 is 2.47. The number of carbonyl (C=O) groups is 1. The minimum atomic E-state index is -0.216. The van der Waals surface area contributed by atoms with Gasteiger partial charge in [0, 0.05) is 24.0 Å². The highest BCUT2D eigenvalue weighted by Crippen LogP contribution is 2.34. The van der Waals surface area contributed by atoms with Gasteiger partial charge in [0.2, 0.25) is 0 Å². The van der Waals surface area contributed by atoms with Crippen molar-refractivity contribution in [3.8, 4) is 0 Å². The van der Waals surface area contributed by atoms with Crippen molar-refractivity contribution in [1.82, 2.24) is 0 Å². The van der Waals surface area contributed by atoms with Crippen LogP contribution in [0.2, 0.25) is 5.02 Å². The predicted octanol–water partition coefficient (Wildman–Crippen LogP) is 5.88. The van der Waals surface area contributed by atoms with Crippen LogP contribution in [0.4, 0.5) is 5.69 Å². The number of hydrogen-bond acceptors (Lipinski definition) is 1. The first-order chi connectivity index (χ1) is 8.97. The highest BCUT2D eigenvalue weighted by molar-refractivity contribution is 9.11. The van der Waals surface area contributed by atoms with Gasteiger partial charge >= 0.3 is 0 Å². The van der Waals surface area contributed by atoms with Gasteiger partial charge in [-0.25, -0.2) is 0 Å². The SMILES string of the molecule is O=C(Nc1c(Br)cc(Br)cc1Br)c1cccc(Cl)c1. The number of nitrogens with one attached hydrogen (secondary N) is 1. The van der Waals surface area contributed by atoms with Crippen LogP contribution < -0.4 is 5.32 Å². The Morgan fingerprint density at radius 2 is 1.68 bits per heavy atom. The van der Waals surface area contributed by atoms with Crippen molar-refractivity contribution < 1.29 is 4.79 Å². The second-order valence-electron chi connectivity index (χ2n) is 3.71. The maximum Gasteiger partial charge on any atom is 0.255 e. The molecular formula is C13H7Br3ClNO. The van der Waals surface area contributed by atoms with E-state index in [1.807, 2.05) is 12.1 Å². The molecule has 0 unspecified atom stereocenters. The van der Waals surface area contributed by atoms with Crippen LogP contribution in [0.1, 0.15) is 10.4 Å². The largest absolute Gasteiger partial charge is 0.320 e. The summed E-state index contributed by atoms with van der Waals surface area (Å²) in [6, 6.07) is 10.5. The highest BCUT2D eigenvalue weighted by Gasteiger charge is 2.12. The molecule has 2 aromatic carbocycles. The summed E-state index contributed by atoms with van der Waals surface area (Å²) in [4.78, 5) is 12.1. The molecule has 0 aliphatic heterocycles. The molecule has 2 nitrogen and oxygen atoms in total. The summed E-state index contributed by atoms with van der Waals surface area (Å²) in [5.41, 5.74) is 1.18. The van der Waals surface area contributed by atoms with Gasteiger partial charge in [0.15, 0.2) is 0 Å². The first-order valence-corrected chi connectivity index (χ1v) is 7.94. The van der Waals surface area contributed by atoms with Crippen molar-refractivity contribution in [3.05, 3.63) is 60.4 Å². The van der Waals surface area contributed by atoms with Gasteiger partial charge in [0.25, 0.3) is 5.91 Å². The fourth-order valence-corrected chi connectivity index (χ4v) is 4.12. The van der Waals surface area contributed by atoms with E-state index in [1.165, 1.54) is 0 Å². The van der Waals surface area contributed by atoms with Crippen LogP contribution in [0.25, 0.3) is 0 Å². The number of benzene rings is 2. The van der Waals surface area contributed by atoms with E-state index in [4.69, 9.17) is 11.6 Å². The van der Waals surface area contributed by atoms with E-state index >= 15 is 0 Å². The van der Waals surface area contributed by atoms with Crippen molar-refractivity contribution >= 4 is 71.0 Å². The van der Waals surface area contributed by atoms with E-state index in [0.717, 1.165) is 13.4 Å². The molecule has 2 rings (SSSR count). The zero-order valence-electron chi connectivity index (χ0n) is 9.38. The monoisotopic (exact) mass is 465 g/mol. The van der Waals surface area contributed by atoms with E-state index in [-0.39, 0.29) is 5.91 Å². The van der Waals surface area contributed by atoms with Crippen LogP contribution in [0.15, 0.2) is 49.8 Å². The zero-order valence-corrected chi connectivity index (χ0v) is 14.9. The molecule has 6 heteroatoms. The Morgan fingerprint density at radius 3 is 2.26 bits per heavy atom. The van der Waals surface area contributed by atoms with Crippen LogP contribution in [-0.2, 0) is 0 Å². The second kappa shape index (κ2) is 6.39. The number of anilines is 1. The molecule has 0 saturated heterocycles. The Kier molecular flexibility index (Phi) is 5.06. The molecule has 0 aromatic heterocycles. The molecule has 0 bridgehead atoms. The number of hydrogen-bond donors (Lipinski definition) is 1. The van der Waals surface area contributed by atoms with E-state index in [2.05, 4.69) is 53.1 Å². The van der Waals surface area contributed by atoms with E-state index in [9.17, 15) is 4.79 Å². The van der Waals surface area contributed by atoms with Gasteiger partial charge in [-0.15, -0.1) is 0 Å². The summed E-state index contributed by atoms with van der Waals surface area (Å²) in [6.45, 7) is 0. The summed E-state index contributed by atoms with van der Waals surface area (Å²) in [6.07, 6.45) is 0. The smallest absolute Gasteiger partial charge is 0.255 e. The molecule has 0 saturated carbocycles. The highest BCUT2D eigenvalue weighted by atomic mass is 79.9. The Labute approximate surface area is 140 Å². The molecule has 0 radical (unpaired) electrons. The van der Waals surface area contributed by atoms with Crippen LogP contribution in [0.5, 0.6) is 0 Å². The average molecular weight is 468 g/mol. The Balaban J connectivity index is 2.29. The molecule has 0 heterocycles. The van der Waals surface area contributed by atoms with Crippen LogP contribution >= 0.6 is 59.4 Å². The number of rotatable bonds is 2. The number of carbonyl (C=O) groups excluding carboxylic acids is 1. The summed E-state index contributed by atoms with van der Waals surface area (Å²) >= 11 is 16.1. The molecular weight excluding hydrogens is 461 g/mol. The molecule has 0 spiro atoms. The lowest BCUT2D eigenvalue weighted by Crippen LogP contribution is -2.12. The maximum atomic E-state index is 12.1. The van der Waals surface area contributed by atoms with Crippen molar-refractivity contribution in [2.45, 2.75) is 0 Å². The van der Waals surface area contributed by atoms with Gasteiger partial charge < -0.3 is 5.32 Å². The van der Waals surface area contributed by atoms with Gasteiger partial charge in [0.1, 0.15) is 0 Å². The molecule has 1 N–H and O–H groups in total. The normalized spacial score (nSPS) is 10.3. The van der Waals surface area contributed by atoms with Gasteiger partial charge in [-0.2, -0.15) is 0 Å². The second-order valence-corrected chi connectivity index (χ2v) is 6.77. The number of amides is 1. The average Bonchev–Trinajstić information content (AvgIpc) is 2.33. The topological polar surface area (TPSA) is 29.1 Å². The van der Waals surface area contributed by atoms with Crippen molar-refractivity contribution in [2.24, 2.45) is 0 Å². The van der Waals surface area contributed by atoms with Crippen molar-refractivity contribution in [2.75, 3.05) is 5.32 Å². The van der Waals surface area contributed by atoms with Gasteiger partial charge in [-0.1, -0.05) is 33.6 Å². The third-order valence-electron chi connectivity index (χ3n) is 2.33. The minimum absolute atomic E-state index is 0.216. The summed E-state index contributed by atoms with van der Waals surface area (Å²) in [7, 11) is 0. The summed E-state index contributed by atoms with van der Waals surface area (Å²) in [5.74, 6) is -0.216. The lowest BCUT2D eigenvalue weighted by Gasteiger charge is -2.10. The van der Waals surface area contributed by atoms with E-state index in [1.54, 1.807) is 24.3 Å². The molecule has 2 aromatic rings. The summed E-state index contributed by atoms with van der Waals surface area (Å²) in [5, 5.41) is 3.37. The van der Waals surface area contributed by atoms with Crippen LogP contribution in [0, 0.1) is 0 Å². The van der Waals surface area contributed by atoms with Crippen molar-refractivity contribution in [1.29, 1.82) is 0 Å². The number of halogens is 4. The Bertz CT molecular complexity index is 623. The van der Waals surface area contributed by atoms with Crippen LogP contribution in [-0.4, -0.2) is 5.91 Å². The molecule has 98 valence electrons.